The molecule has 0 aliphatic heterocycles. The van der Waals surface area contributed by atoms with Crippen molar-refractivity contribution >= 4 is 31.7 Å². The van der Waals surface area contributed by atoms with Crippen LogP contribution in [0, 0.1) is 0 Å². The predicted molar refractivity (Wildman–Crippen MR) is 55.0 cm³/mol. The zero-order valence-electron chi connectivity index (χ0n) is 6.55. The molecule has 0 unspecified atom stereocenters. The summed E-state index contributed by atoms with van der Waals surface area (Å²) in [6.45, 7) is 0. The topological polar surface area (TPSA) is 0 Å². The molecule has 1 aliphatic rings. The fourth-order valence-corrected chi connectivity index (χ4v) is 1.20. The first-order valence-corrected chi connectivity index (χ1v) is 9.10. The van der Waals surface area contributed by atoms with Crippen LogP contribution in [0.1, 0.15) is 11.1 Å². The molecule has 2 rings (SSSR count). The molecule has 1 aromatic rings. The molecule has 11 heavy (non-hydrogen) atoms. The van der Waals surface area contributed by atoms with E-state index in [1.54, 1.807) is 0 Å². The molecule has 0 radical (unpaired) electrons. The van der Waals surface area contributed by atoms with Gasteiger partial charge in [-0.25, -0.2) is 0 Å². The molecule has 0 nitrogen and oxygen atoms in total. The van der Waals surface area contributed by atoms with E-state index in [9.17, 15) is 0 Å². The minimum atomic E-state index is 0.535. The standard InChI is InChI=1S/C9H8.ClGeH3/c1-2-5-9-7-3-6-8(9)4-1;1-2/h1-6H,7H2;2H3. The van der Waals surface area contributed by atoms with Gasteiger partial charge in [0.1, 0.15) is 0 Å². The Kier molecular flexibility index (Phi) is 3.74. The molecule has 0 heterocycles. The molecule has 0 amide bonds. The van der Waals surface area contributed by atoms with Crippen LogP contribution in [0.2, 0.25) is 0 Å². The maximum atomic E-state index is 4.83. The van der Waals surface area contributed by atoms with Crippen LogP contribution >= 0.6 is 10.0 Å². The predicted octanol–water partition coefficient (Wildman–Crippen LogP) is 1.76. The Labute approximate surface area is 79.7 Å². The summed E-state index contributed by atoms with van der Waals surface area (Å²) in [5.74, 6) is 0. The van der Waals surface area contributed by atoms with Crippen molar-refractivity contribution in [3.63, 3.8) is 0 Å². The second-order valence-electron chi connectivity index (χ2n) is 2.31. The van der Waals surface area contributed by atoms with E-state index < -0.39 is 0 Å². The van der Waals surface area contributed by atoms with E-state index in [4.69, 9.17) is 10.0 Å². The third-order valence-corrected chi connectivity index (χ3v) is 1.69. The van der Waals surface area contributed by atoms with E-state index in [0.717, 1.165) is 6.42 Å². The van der Waals surface area contributed by atoms with E-state index in [0.29, 0.717) is 15.6 Å². The Hall–Kier alpha value is -0.207. The Morgan fingerprint density at radius 1 is 1.18 bits per heavy atom. The van der Waals surface area contributed by atoms with Crippen molar-refractivity contribution < 1.29 is 0 Å². The van der Waals surface area contributed by atoms with Gasteiger partial charge in [-0.3, -0.25) is 0 Å². The zero-order chi connectivity index (χ0) is 8.10. The van der Waals surface area contributed by atoms with Crippen LogP contribution in [0.4, 0.5) is 0 Å². The van der Waals surface area contributed by atoms with E-state index in [-0.39, 0.29) is 0 Å². The molecule has 0 aromatic heterocycles. The number of allylic oxidation sites excluding steroid dienone is 1. The van der Waals surface area contributed by atoms with Crippen LogP contribution in [0.25, 0.3) is 6.08 Å². The van der Waals surface area contributed by atoms with Crippen LogP contribution < -0.4 is 0 Å². The third-order valence-electron chi connectivity index (χ3n) is 1.69. The molecule has 1 aromatic carbocycles. The van der Waals surface area contributed by atoms with Gasteiger partial charge in [0.25, 0.3) is 0 Å². The van der Waals surface area contributed by atoms with Crippen molar-refractivity contribution in [1.82, 2.24) is 0 Å². The van der Waals surface area contributed by atoms with Crippen molar-refractivity contribution in [2.24, 2.45) is 0 Å². The van der Waals surface area contributed by atoms with Gasteiger partial charge in [0.2, 0.25) is 0 Å². The van der Waals surface area contributed by atoms with Gasteiger partial charge >= 0.3 is 25.6 Å². The van der Waals surface area contributed by atoms with Crippen LogP contribution in [-0.2, 0) is 6.42 Å². The summed E-state index contributed by atoms with van der Waals surface area (Å²) in [4.78, 5) is 0. The first kappa shape index (κ1) is 8.89. The first-order chi connectivity index (χ1) is 5.47. The van der Waals surface area contributed by atoms with Gasteiger partial charge in [0, 0.05) is 0 Å². The van der Waals surface area contributed by atoms with Crippen molar-refractivity contribution in [3.8, 4) is 0 Å². The van der Waals surface area contributed by atoms with E-state index in [1.165, 1.54) is 11.1 Å². The molecule has 0 saturated heterocycles. The number of hydrogen-bond donors (Lipinski definition) is 0. The molecule has 0 atom stereocenters. The number of rotatable bonds is 0. The summed E-state index contributed by atoms with van der Waals surface area (Å²) in [7, 11) is 4.83. The Morgan fingerprint density at radius 3 is 2.64 bits per heavy atom. The summed E-state index contributed by atoms with van der Waals surface area (Å²) in [6, 6.07) is 8.49. The summed E-state index contributed by atoms with van der Waals surface area (Å²) >= 11 is 0.535. The summed E-state index contributed by atoms with van der Waals surface area (Å²) < 4.78 is 0. The fraction of sp³-hybridized carbons (Fsp3) is 0.111. The molecule has 0 saturated carbocycles. The molecule has 58 valence electrons. The second kappa shape index (κ2) is 4.63. The van der Waals surface area contributed by atoms with E-state index in [1.807, 2.05) is 0 Å². The molecular formula is C9H11ClGe. The van der Waals surface area contributed by atoms with Crippen molar-refractivity contribution in [2.45, 2.75) is 6.42 Å². The molecule has 1 aliphatic carbocycles. The Morgan fingerprint density at radius 2 is 1.91 bits per heavy atom. The molecule has 0 bridgehead atoms. The van der Waals surface area contributed by atoms with Crippen LogP contribution in [-0.4, -0.2) is 15.6 Å². The second-order valence-corrected chi connectivity index (χ2v) is 2.31. The average Bonchev–Trinajstić information content (AvgIpc) is 2.55. The van der Waals surface area contributed by atoms with Gasteiger partial charge < -0.3 is 0 Å². The van der Waals surface area contributed by atoms with Gasteiger partial charge in [-0.15, -0.1) is 0 Å². The van der Waals surface area contributed by atoms with Gasteiger partial charge in [-0.05, 0) is 17.5 Å². The minimum absolute atomic E-state index is 0.535. The number of halogens is 1. The Bertz CT molecular complexity index is 255. The molecule has 0 spiro atoms. The van der Waals surface area contributed by atoms with Crippen LogP contribution in [0.15, 0.2) is 30.3 Å². The summed E-state index contributed by atoms with van der Waals surface area (Å²) in [5, 5.41) is 0. The monoisotopic (exact) mass is 228 g/mol. The molecule has 0 N–H and O–H groups in total. The van der Waals surface area contributed by atoms with Gasteiger partial charge in [0.15, 0.2) is 0 Å². The average molecular weight is 227 g/mol. The fourth-order valence-electron chi connectivity index (χ4n) is 1.20. The van der Waals surface area contributed by atoms with E-state index in [2.05, 4.69) is 36.4 Å². The molecule has 0 fully saturated rings. The van der Waals surface area contributed by atoms with Crippen LogP contribution in [0.5, 0.6) is 0 Å². The quantitative estimate of drug-likeness (QED) is 0.592. The number of fused-ring (bicyclic) bond motifs is 1. The number of hydrogen-bond acceptors (Lipinski definition) is 0. The maximum absolute atomic E-state index is 4.83. The molecular weight excluding hydrogens is 216 g/mol. The van der Waals surface area contributed by atoms with Gasteiger partial charge in [-0.1, -0.05) is 36.4 Å². The van der Waals surface area contributed by atoms with Gasteiger partial charge in [-0.2, -0.15) is 0 Å². The van der Waals surface area contributed by atoms with E-state index >= 15 is 0 Å². The van der Waals surface area contributed by atoms with Crippen molar-refractivity contribution in [2.75, 3.05) is 0 Å². The summed E-state index contributed by atoms with van der Waals surface area (Å²) in [6.07, 6.45) is 5.50. The summed E-state index contributed by atoms with van der Waals surface area (Å²) in [5.41, 5.74) is 2.84. The van der Waals surface area contributed by atoms with Crippen molar-refractivity contribution in [1.29, 1.82) is 0 Å². The first-order valence-electron chi connectivity index (χ1n) is 3.59. The Balaban J connectivity index is 0.000000281. The van der Waals surface area contributed by atoms with Crippen LogP contribution in [0.3, 0.4) is 0 Å². The number of benzene rings is 1. The van der Waals surface area contributed by atoms with Crippen molar-refractivity contribution in [3.05, 3.63) is 41.5 Å². The van der Waals surface area contributed by atoms with Gasteiger partial charge in [0.05, 0.1) is 0 Å². The normalized spacial score (nSPS) is 12.1. The molecule has 2 heteroatoms. The zero-order valence-corrected chi connectivity index (χ0v) is 11.5. The SMILES string of the molecule is C1=Cc2ccccc2C1.[Cl][GeH3]. The third kappa shape index (κ3) is 2.11.